The first kappa shape index (κ1) is 15.1. The number of fused-ring (bicyclic) bond motifs is 1. The van der Waals surface area contributed by atoms with Crippen molar-refractivity contribution in [2.24, 2.45) is 0 Å². The maximum atomic E-state index is 10.0. The second-order valence-corrected chi connectivity index (χ2v) is 6.17. The Balaban J connectivity index is 1.83. The number of aryl methyl sites for hydroxylation is 1. The van der Waals surface area contributed by atoms with E-state index in [0.29, 0.717) is 16.4 Å². The summed E-state index contributed by atoms with van der Waals surface area (Å²) in [6.45, 7) is 3.63. The van der Waals surface area contributed by atoms with E-state index < -0.39 is 0 Å². The standard InChI is InChI=1S/C17H15ClN4O2/c1-9-15(12-4-5-19-7-10(12)8-20-9)16-21-17(24-22-16)13-6-11(18)2-3-14(13)23/h2-3,6,8,19,23H,4-5,7H2,1H3. The first-order valence-corrected chi connectivity index (χ1v) is 8.02. The fourth-order valence-electron chi connectivity index (χ4n) is 2.98. The molecule has 3 heterocycles. The average molecular weight is 343 g/mol. The van der Waals surface area contributed by atoms with E-state index in [9.17, 15) is 5.11 Å². The molecule has 0 spiro atoms. The van der Waals surface area contributed by atoms with Crippen molar-refractivity contribution >= 4 is 11.6 Å². The van der Waals surface area contributed by atoms with Crippen LogP contribution in [0.3, 0.4) is 0 Å². The average Bonchev–Trinajstić information content (AvgIpc) is 3.06. The van der Waals surface area contributed by atoms with Crippen LogP contribution in [0.4, 0.5) is 0 Å². The second kappa shape index (κ2) is 5.89. The zero-order chi connectivity index (χ0) is 16.7. The number of phenolic OH excluding ortho intramolecular Hbond substituents is 1. The normalized spacial score (nSPS) is 13.8. The number of aromatic hydroxyl groups is 1. The van der Waals surface area contributed by atoms with Crippen LogP contribution >= 0.6 is 11.6 Å². The van der Waals surface area contributed by atoms with Crippen molar-refractivity contribution in [1.82, 2.24) is 20.4 Å². The third-order valence-electron chi connectivity index (χ3n) is 4.17. The maximum Gasteiger partial charge on any atom is 0.262 e. The number of pyridine rings is 1. The van der Waals surface area contributed by atoms with Gasteiger partial charge in [-0.2, -0.15) is 4.98 Å². The highest BCUT2D eigenvalue weighted by Gasteiger charge is 2.22. The zero-order valence-electron chi connectivity index (χ0n) is 13.0. The van der Waals surface area contributed by atoms with E-state index in [2.05, 4.69) is 20.4 Å². The Morgan fingerprint density at radius 2 is 2.21 bits per heavy atom. The predicted molar refractivity (Wildman–Crippen MR) is 89.8 cm³/mol. The van der Waals surface area contributed by atoms with Crippen LogP contribution in [0.5, 0.6) is 5.75 Å². The van der Waals surface area contributed by atoms with Gasteiger partial charge in [-0.25, -0.2) is 0 Å². The van der Waals surface area contributed by atoms with Crippen molar-refractivity contribution in [1.29, 1.82) is 0 Å². The van der Waals surface area contributed by atoms with Gasteiger partial charge in [0.15, 0.2) is 0 Å². The van der Waals surface area contributed by atoms with Gasteiger partial charge in [0.25, 0.3) is 5.89 Å². The van der Waals surface area contributed by atoms with Gasteiger partial charge in [-0.1, -0.05) is 16.8 Å². The van der Waals surface area contributed by atoms with Gasteiger partial charge in [0, 0.05) is 29.0 Å². The molecule has 2 N–H and O–H groups in total. The number of benzene rings is 1. The monoisotopic (exact) mass is 342 g/mol. The Labute approximate surface area is 143 Å². The lowest BCUT2D eigenvalue weighted by Gasteiger charge is -2.19. The summed E-state index contributed by atoms with van der Waals surface area (Å²) >= 11 is 5.99. The van der Waals surface area contributed by atoms with Crippen molar-refractivity contribution in [3.05, 3.63) is 46.2 Å². The SMILES string of the molecule is Cc1ncc2c(c1-c1noc(-c3cc(Cl)ccc3O)n1)CCNC2. The Morgan fingerprint density at radius 3 is 3.08 bits per heavy atom. The molecule has 1 aliphatic rings. The topological polar surface area (TPSA) is 84.1 Å². The van der Waals surface area contributed by atoms with Gasteiger partial charge in [0.1, 0.15) is 5.75 Å². The smallest absolute Gasteiger partial charge is 0.262 e. The first-order valence-electron chi connectivity index (χ1n) is 7.64. The van der Waals surface area contributed by atoms with E-state index in [0.717, 1.165) is 36.3 Å². The van der Waals surface area contributed by atoms with E-state index in [-0.39, 0.29) is 11.6 Å². The molecule has 0 saturated carbocycles. The van der Waals surface area contributed by atoms with Crippen molar-refractivity contribution in [2.45, 2.75) is 19.9 Å². The fraction of sp³-hybridized carbons (Fsp3) is 0.235. The molecular formula is C17H15ClN4O2. The van der Waals surface area contributed by atoms with Crippen LogP contribution in [0.15, 0.2) is 28.9 Å². The molecule has 6 nitrogen and oxygen atoms in total. The molecule has 24 heavy (non-hydrogen) atoms. The van der Waals surface area contributed by atoms with Gasteiger partial charge in [-0.05, 0) is 49.2 Å². The van der Waals surface area contributed by atoms with Gasteiger partial charge in [-0.15, -0.1) is 0 Å². The number of phenols is 1. The van der Waals surface area contributed by atoms with Crippen molar-refractivity contribution in [2.75, 3.05) is 6.54 Å². The van der Waals surface area contributed by atoms with Crippen LogP contribution in [0.1, 0.15) is 16.8 Å². The van der Waals surface area contributed by atoms with Gasteiger partial charge in [0.05, 0.1) is 5.56 Å². The minimum absolute atomic E-state index is 0.0451. The molecule has 0 amide bonds. The largest absolute Gasteiger partial charge is 0.507 e. The highest BCUT2D eigenvalue weighted by Crippen LogP contribution is 2.34. The summed E-state index contributed by atoms with van der Waals surface area (Å²) in [6, 6.07) is 4.71. The molecule has 7 heteroatoms. The van der Waals surface area contributed by atoms with E-state index in [1.807, 2.05) is 13.1 Å². The van der Waals surface area contributed by atoms with Crippen LogP contribution in [0, 0.1) is 6.92 Å². The molecule has 4 rings (SSSR count). The van der Waals surface area contributed by atoms with Crippen molar-refractivity contribution in [3.63, 3.8) is 0 Å². The number of aromatic nitrogens is 3. The highest BCUT2D eigenvalue weighted by atomic mass is 35.5. The third-order valence-corrected chi connectivity index (χ3v) is 4.41. The molecule has 1 aromatic carbocycles. The highest BCUT2D eigenvalue weighted by molar-refractivity contribution is 6.30. The Bertz CT molecular complexity index is 923. The first-order chi connectivity index (χ1) is 11.6. The minimum atomic E-state index is 0.0451. The summed E-state index contributed by atoms with van der Waals surface area (Å²) in [7, 11) is 0. The number of nitrogens with zero attached hydrogens (tertiary/aromatic N) is 3. The molecule has 3 aromatic rings. The van der Waals surface area contributed by atoms with Gasteiger partial charge >= 0.3 is 0 Å². The summed E-state index contributed by atoms with van der Waals surface area (Å²) < 4.78 is 5.36. The van der Waals surface area contributed by atoms with Gasteiger partial charge in [0.2, 0.25) is 5.82 Å². The zero-order valence-corrected chi connectivity index (χ0v) is 13.8. The molecule has 0 bridgehead atoms. The van der Waals surface area contributed by atoms with Crippen LogP contribution in [0.2, 0.25) is 5.02 Å². The minimum Gasteiger partial charge on any atom is -0.507 e. The van der Waals surface area contributed by atoms with E-state index in [4.69, 9.17) is 16.1 Å². The molecule has 0 fully saturated rings. The van der Waals surface area contributed by atoms with Crippen LogP contribution in [-0.4, -0.2) is 26.8 Å². The molecule has 0 saturated heterocycles. The molecule has 1 aliphatic heterocycles. The van der Waals surface area contributed by atoms with Crippen LogP contribution in [-0.2, 0) is 13.0 Å². The summed E-state index contributed by atoms with van der Waals surface area (Å²) in [5.74, 6) is 0.757. The van der Waals surface area contributed by atoms with E-state index in [1.54, 1.807) is 12.1 Å². The van der Waals surface area contributed by atoms with Crippen molar-refractivity contribution < 1.29 is 9.63 Å². The molecular weight excluding hydrogens is 328 g/mol. The van der Waals surface area contributed by atoms with E-state index in [1.165, 1.54) is 11.6 Å². The van der Waals surface area contributed by atoms with E-state index >= 15 is 0 Å². The predicted octanol–water partition coefficient (Wildman–Crippen LogP) is 3.11. The lowest BCUT2D eigenvalue weighted by atomic mass is 9.95. The number of nitrogens with one attached hydrogen (secondary N) is 1. The van der Waals surface area contributed by atoms with Crippen molar-refractivity contribution in [3.8, 4) is 28.6 Å². The molecule has 0 unspecified atom stereocenters. The number of hydrogen-bond acceptors (Lipinski definition) is 6. The fourth-order valence-corrected chi connectivity index (χ4v) is 3.15. The molecule has 0 atom stereocenters. The molecule has 122 valence electrons. The van der Waals surface area contributed by atoms with Gasteiger partial charge in [-0.3, -0.25) is 4.98 Å². The molecule has 0 aliphatic carbocycles. The summed E-state index contributed by atoms with van der Waals surface area (Å²) in [6.07, 6.45) is 2.78. The summed E-state index contributed by atoms with van der Waals surface area (Å²) in [4.78, 5) is 8.92. The maximum absolute atomic E-state index is 10.0. The third kappa shape index (κ3) is 2.53. The Hall–Kier alpha value is -2.44. The molecule has 2 aromatic heterocycles. The Morgan fingerprint density at radius 1 is 1.33 bits per heavy atom. The number of halogens is 1. The van der Waals surface area contributed by atoms with Crippen LogP contribution < -0.4 is 5.32 Å². The summed E-state index contributed by atoms with van der Waals surface area (Å²) in [5, 5.41) is 17.9. The van der Waals surface area contributed by atoms with Gasteiger partial charge < -0.3 is 14.9 Å². The molecule has 0 radical (unpaired) electrons. The Kier molecular flexibility index (Phi) is 3.70. The van der Waals surface area contributed by atoms with Crippen LogP contribution in [0.25, 0.3) is 22.8 Å². The lowest BCUT2D eigenvalue weighted by molar-refractivity contribution is 0.425. The summed E-state index contributed by atoms with van der Waals surface area (Å²) in [5.41, 5.74) is 4.53. The number of rotatable bonds is 2. The second-order valence-electron chi connectivity index (χ2n) is 5.73. The number of hydrogen-bond donors (Lipinski definition) is 2. The quantitative estimate of drug-likeness (QED) is 0.744. The lowest BCUT2D eigenvalue weighted by Crippen LogP contribution is -2.24.